The van der Waals surface area contributed by atoms with Crippen molar-refractivity contribution in [2.75, 3.05) is 0 Å². The second kappa shape index (κ2) is 7.06. The molecule has 4 rings (SSSR count). The summed E-state index contributed by atoms with van der Waals surface area (Å²) >= 11 is 5.89. The monoisotopic (exact) mass is 362 g/mol. The van der Waals surface area contributed by atoms with Crippen LogP contribution in [0.3, 0.4) is 0 Å². The smallest absolute Gasteiger partial charge is 0.231 e. The van der Waals surface area contributed by atoms with Crippen molar-refractivity contribution in [1.29, 1.82) is 0 Å². The van der Waals surface area contributed by atoms with E-state index in [1.165, 1.54) is 0 Å². The summed E-state index contributed by atoms with van der Waals surface area (Å²) in [5.74, 6) is 1.33. The molecule has 0 aliphatic carbocycles. The van der Waals surface area contributed by atoms with Gasteiger partial charge in [-0.05, 0) is 41.5 Å². The van der Waals surface area contributed by atoms with Crippen LogP contribution in [-0.2, 0) is 6.61 Å². The maximum Gasteiger partial charge on any atom is 0.231 e. The lowest BCUT2D eigenvalue weighted by Crippen LogP contribution is -1.98. The number of ketones is 1. The fourth-order valence-corrected chi connectivity index (χ4v) is 2.83. The van der Waals surface area contributed by atoms with E-state index in [-0.39, 0.29) is 5.78 Å². The van der Waals surface area contributed by atoms with Crippen LogP contribution >= 0.6 is 11.6 Å². The quantitative estimate of drug-likeness (QED) is 0.572. The first-order valence-corrected chi connectivity index (χ1v) is 8.57. The number of hydrogen-bond donors (Lipinski definition) is 0. The van der Waals surface area contributed by atoms with E-state index in [0.29, 0.717) is 34.5 Å². The highest BCUT2D eigenvalue weighted by molar-refractivity contribution is 6.30. The van der Waals surface area contributed by atoms with Crippen LogP contribution in [-0.4, -0.2) is 5.78 Å². The summed E-state index contributed by atoms with van der Waals surface area (Å²) in [5, 5.41) is 0.648. The molecule has 0 amide bonds. The normalized spacial score (nSPS) is 14.2. The Morgan fingerprint density at radius 1 is 0.962 bits per heavy atom. The molecule has 0 fully saturated rings. The van der Waals surface area contributed by atoms with Crippen molar-refractivity contribution in [2.24, 2.45) is 0 Å². The Morgan fingerprint density at radius 3 is 2.50 bits per heavy atom. The van der Waals surface area contributed by atoms with Gasteiger partial charge in [0.15, 0.2) is 5.76 Å². The minimum absolute atomic E-state index is 0.135. The lowest BCUT2D eigenvalue weighted by atomic mass is 10.1. The summed E-state index contributed by atoms with van der Waals surface area (Å²) in [4.78, 5) is 12.5. The van der Waals surface area contributed by atoms with Gasteiger partial charge in [0, 0.05) is 11.1 Å². The lowest BCUT2D eigenvalue weighted by Gasteiger charge is -2.07. The number of rotatable bonds is 4. The Labute approximate surface area is 156 Å². The Hall–Kier alpha value is -3.04. The standard InChI is InChI=1S/C22H15ClO3/c23-17-8-6-15(7-9-17)12-21-22(24)19-11-10-18(13-20(19)26-21)25-14-16-4-2-1-3-5-16/h1-13H,14H2/b21-12-. The van der Waals surface area contributed by atoms with Crippen LogP contribution in [0.4, 0.5) is 0 Å². The number of ether oxygens (including phenoxy) is 2. The number of benzene rings is 3. The van der Waals surface area contributed by atoms with Crippen LogP contribution < -0.4 is 9.47 Å². The van der Waals surface area contributed by atoms with Crippen molar-refractivity contribution in [3.8, 4) is 11.5 Å². The van der Waals surface area contributed by atoms with Gasteiger partial charge in [0.1, 0.15) is 18.1 Å². The molecule has 0 aromatic heterocycles. The molecule has 0 N–H and O–H groups in total. The summed E-state index contributed by atoms with van der Waals surface area (Å²) in [5.41, 5.74) is 2.47. The third kappa shape index (κ3) is 3.48. The van der Waals surface area contributed by atoms with E-state index >= 15 is 0 Å². The number of carbonyl (C=O) groups is 1. The molecule has 4 heteroatoms. The highest BCUT2D eigenvalue weighted by atomic mass is 35.5. The van der Waals surface area contributed by atoms with Crippen LogP contribution in [0.15, 0.2) is 78.6 Å². The maximum atomic E-state index is 12.5. The average molecular weight is 363 g/mol. The Balaban J connectivity index is 1.52. The van der Waals surface area contributed by atoms with Gasteiger partial charge in [0.05, 0.1) is 5.56 Å². The third-order valence-corrected chi connectivity index (χ3v) is 4.31. The molecular weight excluding hydrogens is 348 g/mol. The average Bonchev–Trinajstić information content (AvgIpc) is 2.98. The molecule has 26 heavy (non-hydrogen) atoms. The van der Waals surface area contributed by atoms with Crippen LogP contribution in [0.5, 0.6) is 11.5 Å². The first kappa shape index (κ1) is 16.4. The largest absolute Gasteiger partial charge is 0.489 e. The fraction of sp³-hybridized carbons (Fsp3) is 0.0455. The van der Waals surface area contributed by atoms with Gasteiger partial charge in [-0.25, -0.2) is 0 Å². The minimum atomic E-state index is -0.135. The van der Waals surface area contributed by atoms with Gasteiger partial charge in [-0.3, -0.25) is 4.79 Å². The number of carbonyl (C=O) groups excluding carboxylic acids is 1. The molecule has 3 aromatic rings. The van der Waals surface area contributed by atoms with E-state index in [1.807, 2.05) is 42.5 Å². The molecule has 0 saturated carbocycles. The second-order valence-corrected chi connectivity index (χ2v) is 6.36. The summed E-state index contributed by atoms with van der Waals surface area (Å²) in [6, 6.07) is 22.4. The van der Waals surface area contributed by atoms with Gasteiger partial charge >= 0.3 is 0 Å². The van der Waals surface area contributed by atoms with Crippen molar-refractivity contribution in [3.05, 3.63) is 100 Å². The number of hydrogen-bond acceptors (Lipinski definition) is 3. The van der Waals surface area contributed by atoms with Crippen LogP contribution in [0, 0.1) is 0 Å². The summed E-state index contributed by atoms with van der Waals surface area (Å²) in [6.45, 7) is 0.459. The molecule has 0 bridgehead atoms. The van der Waals surface area contributed by atoms with Crippen molar-refractivity contribution in [2.45, 2.75) is 6.61 Å². The van der Waals surface area contributed by atoms with Crippen LogP contribution in [0.2, 0.25) is 5.02 Å². The Kier molecular flexibility index (Phi) is 4.46. The van der Waals surface area contributed by atoms with Gasteiger partial charge in [-0.1, -0.05) is 54.1 Å². The molecular formula is C22H15ClO3. The van der Waals surface area contributed by atoms with E-state index in [2.05, 4.69) is 0 Å². The maximum absolute atomic E-state index is 12.5. The minimum Gasteiger partial charge on any atom is -0.489 e. The van der Waals surface area contributed by atoms with Gasteiger partial charge < -0.3 is 9.47 Å². The Bertz CT molecular complexity index is 976. The molecule has 3 aromatic carbocycles. The lowest BCUT2D eigenvalue weighted by molar-refractivity contribution is 0.101. The Morgan fingerprint density at radius 2 is 1.73 bits per heavy atom. The van der Waals surface area contributed by atoms with Crippen LogP contribution in [0.1, 0.15) is 21.5 Å². The second-order valence-electron chi connectivity index (χ2n) is 5.92. The van der Waals surface area contributed by atoms with Gasteiger partial charge in [-0.2, -0.15) is 0 Å². The summed E-state index contributed by atoms with van der Waals surface area (Å²) in [6.07, 6.45) is 1.71. The zero-order valence-electron chi connectivity index (χ0n) is 13.8. The number of halogens is 1. The predicted molar refractivity (Wildman–Crippen MR) is 102 cm³/mol. The van der Waals surface area contributed by atoms with Crippen molar-refractivity contribution in [1.82, 2.24) is 0 Å². The first-order valence-electron chi connectivity index (χ1n) is 8.20. The van der Waals surface area contributed by atoms with E-state index in [0.717, 1.165) is 11.1 Å². The number of Topliss-reactive ketones (excluding diaryl/α,β-unsaturated/α-hetero) is 1. The molecule has 0 atom stereocenters. The number of allylic oxidation sites excluding steroid dienone is 1. The number of fused-ring (bicyclic) bond motifs is 1. The van der Waals surface area contributed by atoms with E-state index in [1.54, 1.807) is 36.4 Å². The SMILES string of the molecule is O=C1/C(=C/c2ccc(Cl)cc2)Oc2cc(OCc3ccccc3)ccc21. The highest BCUT2D eigenvalue weighted by Gasteiger charge is 2.27. The summed E-state index contributed by atoms with van der Waals surface area (Å²) in [7, 11) is 0. The van der Waals surface area contributed by atoms with E-state index in [4.69, 9.17) is 21.1 Å². The molecule has 0 spiro atoms. The van der Waals surface area contributed by atoms with Crippen molar-refractivity contribution in [3.63, 3.8) is 0 Å². The highest BCUT2D eigenvalue weighted by Crippen LogP contribution is 2.35. The molecule has 1 heterocycles. The molecule has 1 aliphatic rings. The fourth-order valence-electron chi connectivity index (χ4n) is 2.71. The van der Waals surface area contributed by atoms with E-state index < -0.39 is 0 Å². The van der Waals surface area contributed by atoms with E-state index in [9.17, 15) is 4.79 Å². The summed E-state index contributed by atoms with van der Waals surface area (Å²) < 4.78 is 11.5. The molecule has 128 valence electrons. The third-order valence-electron chi connectivity index (χ3n) is 4.06. The topological polar surface area (TPSA) is 35.5 Å². The molecule has 1 aliphatic heterocycles. The molecule has 0 saturated heterocycles. The zero-order chi connectivity index (χ0) is 17.9. The van der Waals surface area contributed by atoms with Gasteiger partial charge in [0.2, 0.25) is 5.78 Å². The predicted octanol–water partition coefficient (Wildman–Crippen LogP) is 5.54. The van der Waals surface area contributed by atoms with Crippen LogP contribution in [0.25, 0.3) is 6.08 Å². The molecule has 0 unspecified atom stereocenters. The van der Waals surface area contributed by atoms with Gasteiger partial charge in [0.25, 0.3) is 0 Å². The van der Waals surface area contributed by atoms with Gasteiger partial charge in [-0.15, -0.1) is 0 Å². The molecule has 0 radical (unpaired) electrons. The van der Waals surface area contributed by atoms with Crippen molar-refractivity contribution >= 4 is 23.5 Å². The first-order chi connectivity index (χ1) is 12.7. The van der Waals surface area contributed by atoms with Crippen molar-refractivity contribution < 1.29 is 14.3 Å². The molecule has 3 nitrogen and oxygen atoms in total. The zero-order valence-corrected chi connectivity index (χ0v) is 14.6.